The van der Waals surface area contributed by atoms with Gasteiger partial charge in [0.15, 0.2) is 11.5 Å². The monoisotopic (exact) mass is 381 g/mol. The third-order valence-electron chi connectivity index (χ3n) is 4.30. The van der Waals surface area contributed by atoms with E-state index in [1.54, 1.807) is 26.2 Å². The van der Waals surface area contributed by atoms with E-state index in [0.717, 1.165) is 27.8 Å². The maximum absolute atomic E-state index is 12.8. The summed E-state index contributed by atoms with van der Waals surface area (Å²) in [4.78, 5) is 21.7. The lowest BCUT2D eigenvalue weighted by molar-refractivity contribution is 0.0999. The second-order valence-corrected chi connectivity index (χ2v) is 6.37. The molecule has 0 saturated carbocycles. The zero-order chi connectivity index (χ0) is 20.3. The summed E-state index contributed by atoms with van der Waals surface area (Å²) in [6.07, 6.45) is 1.48. The first-order valence-corrected chi connectivity index (χ1v) is 8.65. The zero-order valence-corrected chi connectivity index (χ0v) is 16.6. The molecule has 0 unspecified atom stereocenters. The number of hydrogen-bond donors (Lipinski definition) is 1. The summed E-state index contributed by atoms with van der Waals surface area (Å²) in [6, 6.07) is 11.2. The van der Waals surface area contributed by atoms with Gasteiger partial charge >= 0.3 is 0 Å². The molecular formula is C21H23N3O4. The minimum Gasteiger partial charge on any atom is -0.497 e. The smallest absolute Gasteiger partial charge is 0.295 e. The summed E-state index contributed by atoms with van der Waals surface area (Å²) in [5, 5.41) is 0.839. The number of H-pyrrole nitrogens is 1. The van der Waals surface area contributed by atoms with E-state index in [-0.39, 0.29) is 5.91 Å². The largest absolute Gasteiger partial charge is 0.497 e. The number of carbonyl (C=O) groups excluding carboxylic acids is 1. The number of aliphatic imine (C=N–C) groups is 1. The normalized spacial score (nSPS) is 11.0. The van der Waals surface area contributed by atoms with Gasteiger partial charge in [0.05, 0.1) is 33.2 Å². The van der Waals surface area contributed by atoms with Crippen LogP contribution in [0.4, 0.5) is 0 Å². The van der Waals surface area contributed by atoms with E-state index in [9.17, 15) is 4.79 Å². The molecule has 0 bridgehead atoms. The Balaban J connectivity index is 2.26. The lowest BCUT2D eigenvalue weighted by Crippen LogP contribution is -2.10. The molecule has 7 nitrogen and oxygen atoms in total. The van der Waals surface area contributed by atoms with Crippen molar-refractivity contribution in [2.24, 2.45) is 4.99 Å². The van der Waals surface area contributed by atoms with Crippen LogP contribution in [0.25, 0.3) is 22.0 Å². The summed E-state index contributed by atoms with van der Waals surface area (Å²) >= 11 is 0. The Morgan fingerprint density at radius 1 is 1.00 bits per heavy atom. The number of carbonyl (C=O) groups is 1. The SMILES string of the molecule is COc1ccc(-c2c(C(=O)/N=C/N(C)C)[nH]c3cc(OC)c(OC)cc23)cc1. The summed E-state index contributed by atoms with van der Waals surface area (Å²) in [6.45, 7) is 0. The molecule has 0 atom stereocenters. The van der Waals surface area contributed by atoms with E-state index >= 15 is 0 Å². The average Bonchev–Trinajstić information content (AvgIpc) is 3.09. The van der Waals surface area contributed by atoms with Crippen LogP contribution in [-0.2, 0) is 0 Å². The molecule has 1 heterocycles. The number of rotatable bonds is 6. The number of hydrogen-bond acceptors (Lipinski definition) is 4. The molecule has 3 rings (SSSR count). The fourth-order valence-corrected chi connectivity index (χ4v) is 2.97. The molecular weight excluding hydrogens is 358 g/mol. The van der Waals surface area contributed by atoms with Crippen LogP contribution in [0.1, 0.15) is 10.5 Å². The van der Waals surface area contributed by atoms with Crippen LogP contribution in [0, 0.1) is 0 Å². The van der Waals surface area contributed by atoms with Crippen molar-refractivity contribution >= 4 is 23.1 Å². The molecule has 0 spiro atoms. The van der Waals surface area contributed by atoms with Crippen molar-refractivity contribution in [1.82, 2.24) is 9.88 Å². The molecule has 3 aromatic rings. The molecule has 1 aromatic heterocycles. The van der Waals surface area contributed by atoms with Crippen molar-refractivity contribution < 1.29 is 19.0 Å². The van der Waals surface area contributed by atoms with Gasteiger partial charge in [-0.15, -0.1) is 0 Å². The fraction of sp³-hybridized carbons (Fsp3) is 0.238. The maximum atomic E-state index is 12.8. The minimum atomic E-state index is -0.367. The van der Waals surface area contributed by atoms with Gasteiger partial charge in [-0.05, 0) is 23.8 Å². The minimum absolute atomic E-state index is 0.367. The van der Waals surface area contributed by atoms with Gasteiger partial charge in [0.1, 0.15) is 11.4 Å². The maximum Gasteiger partial charge on any atom is 0.295 e. The predicted molar refractivity (Wildman–Crippen MR) is 110 cm³/mol. The van der Waals surface area contributed by atoms with Gasteiger partial charge in [-0.2, -0.15) is 4.99 Å². The number of nitrogens with zero attached hydrogens (tertiary/aromatic N) is 2. The van der Waals surface area contributed by atoms with Crippen molar-refractivity contribution in [3.05, 3.63) is 42.1 Å². The third-order valence-corrected chi connectivity index (χ3v) is 4.30. The molecule has 0 saturated heterocycles. The number of fused-ring (bicyclic) bond motifs is 1. The van der Waals surface area contributed by atoms with Gasteiger partial charge < -0.3 is 24.1 Å². The van der Waals surface area contributed by atoms with Gasteiger partial charge in [-0.1, -0.05) is 12.1 Å². The zero-order valence-electron chi connectivity index (χ0n) is 16.6. The Morgan fingerprint density at radius 3 is 2.21 bits per heavy atom. The molecule has 0 fully saturated rings. The summed E-state index contributed by atoms with van der Waals surface area (Å²) in [7, 11) is 8.38. The molecule has 1 amide bonds. The van der Waals surface area contributed by atoms with Crippen LogP contribution in [-0.4, -0.2) is 57.6 Å². The molecule has 0 aliphatic heterocycles. The van der Waals surface area contributed by atoms with Crippen LogP contribution in [0.3, 0.4) is 0 Å². The van der Waals surface area contributed by atoms with Crippen LogP contribution in [0.15, 0.2) is 41.4 Å². The number of ether oxygens (including phenoxy) is 3. The van der Waals surface area contributed by atoms with Crippen molar-refractivity contribution in [3.8, 4) is 28.4 Å². The highest BCUT2D eigenvalue weighted by Crippen LogP contribution is 2.39. The van der Waals surface area contributed by atoms with Gasteiger partial charge in [0.25, 0.3) is 5.91 Å². The number of methoxy groups -OCH3 is 3. The molecule has 28 heavy (non-hydrogen) atoms. The molecule has 0 aliphatic rings. The first-order chi connectivity index (χ1) is 13.5. The van der Waals surface area contributed by atoms with Gasteiger partial charge in [0, 0.05) is 31.1 Å². The molecule has 146 valence electrons. The van der Waals surface area contributed by atoms with Crippen molar-refractivity contribution in [2.75, 3.05) is 35.4 Å². The quantitative estimate of drug-likeness (QED) is 0.522. The number of aromatic amines is 1. The van der Waals surface area contributed by atoms with Crippen molar-refractivity contribution in [2.45, 2.75) is 0 Å². The van der Waals surface area contributed by atoms with Gasteiger partial charge in [-0.25, -0.2) is 0 Å². The Kier molecular flexibility index (Phi) is 5.54. The van der Waals surface area contributed by atoms with Crippen LogP contribution >= 0.6 is 0 Å². The third kappa shape index (κ3) is 3.64. The fourth-order valence-electron chi connectivity index (χ4n) is 2.97. The Hall–Kier alpha value is -3.48. The van der Waals surface area contributed by atoms with Crippen LogP contribution in [0.2, 0.25) is 0 Å². The lowest BCUT2D eigenvalue weighted by Gasteiger charge is -2.09. The first kappa shape index (κ1) is 19.3. The standard InChI is InChI=1S/C21H23N3O4/c1-24(2)12-22-21(25)20-19(13-6-8-14(26-3)9-7-13)15-10-17(27-4)18(28-5)11-16(15)23-20/h6-12,23H,1-5H3/b22-12+. The van der Waals surface area contributed by atoms with Gasteiger partial charge in [-0.3, -0.25) is 4.79 Å². The van der Waals surface area contributed by atoms with Crippen LogP contribution in [0.5, 0.6) is 17.2 Å². The Morgan fingerprint density at radius 2 is 1.64 bits per heavy atom. The number of aromatic nitrogens is 1. The topological polar surface area (TPSA) is 76.2 Å². The number of benzene rings is 2. The summed E-state index contributed by atoms with van der Waals surface area (Å²) in [5.74, 6) is 1.53. The molecule has 2 aromatic carbocycles. The highest BCUT2D eigenvalue weighted by atomic mass is 16.5. The average molecular weight is 381 g/mol. The van der Waals surface area contributed by atoms with Gasteiger partial charge in [0.2, 0.25) is 0 Å². The predicted octanol–water partition coefficient (Wildman–Crippen LogP) is 3.59. The van der Waals surface area contributed by atoms with E-state index in [1.807, 2.05) is 50.5 Å². The molecule has 1 N–H and O–H groups in total. The Bertz CT molecular complexity index is 1020. The molecule has 0 aliphatic carbocycles. The Labute approximate surface area is 163 Å². The number of amides is 1. The molecule has 7 heteroatoms. The van der Waals surface area contributed by atoms with E-state index < -0.39 is 0 Å². The summed E-state index contributed by atoms with van der Waals surface area (Å²) < 4.78 is 16.1. The van der Waals surface area contributed by atoms with E-state index in [0.29, 0.717) is 17.2 Å². The first-order valence-electron chi connectivity index (χ1n) is 8.65. The van der Waals surface area contributed by atoms with Crippen molar-refractivity contribution in [1.29, 1.82) is 0 Å². The van der Waals surface area contributed by atoms with Crippen LogP contribution < -0.4 is 14.2 Å². The lowest BCUT2D eigenvalue weighted by atomic mass is 10.0. The summed E-state index contributed by atoms with van der Waals surface area (Å²) in [5.41, 5.74) is 2.77. The van der Waals surface area contributed by atoms with Crippen molar-refractivity contribution in [3.63, 3.8) is 0 Å². The number of nitrogens with one attached hydrogen (secondary N) is 1. The highest BCUT2D eigenvalue weighted by molar-refractivity contribution is 6.11. The van der Waals surface area contributed by atoms with E-state index in [1.165, 1.54) is 6.34 Å². The second kappa shape index (κ2) is 8.04. The molecule has 0 radical (unpaired) electrons. The second-order valence-electron chi connectivity index (χ2n) is 6.37. The highest BCUT2D eigenvalue weighted by Gasteiger charge is 2.21. The van der Waals surface area contributed by atoms with E-state index in [4.69, 9.17) is 14.2 Å². The van der Waals surface area contributed by atoms with E-state index in [2.05, 4.69) is 9.98 Å².